The summed E-state index contributed by atoms with van der Waals surface area (Å²) in [7, 11) is 0. The predicted molar refractivity (Wildman–Crippen MR) is 161 cm³/mol. The monoisotopic (exact) mass is 501 g/mol. The van der Waals surface area contributed by atoms with E-state index in [9.17, 15) is 0 Å². The van der Waals surface area contributed by atoms with Gasteiger partial charge in [0.2, 0.25) is 0 Å². The van der Waals surface area contributed by atoms with Gasteiger partial charge in [-0.25, -0.2) is 9.97 Å². The van der Waals surface area contributed by atoms with E-state index in [0.29, 0.717) is 0 Å². The summed E-state index contributed by atoms with van der Waals surface area (Å²) in [5.41, 5.74) is 5.29. The average Bonchev–Trinajstić information content (AvgIpc) is 3.52. The number of hydrogen-bond donors (Lipinski definition) is 0. The van der Waals surface area contributed by atoms with Crippen molar-refractivity contribution in [2.45, 2.75) is 0 Å². The lowest BCUT2D eigenvalue weighted by atomic mass is 9.94. The molecule has 0 radical (unpaired) electrons. The van der Waals surface area contributed by atoms with Gasteiger partial charge in [-0.15, -0.1) is 11.3 Å². The van der Waals surface area contributed by atoms with Crippen molar-refractivity contribution < 1.29 is 0 Å². The second-order valence-electron chi connectivity index (χ2n) is 9.84. The number of para-hydroxylation sites is 1. The Kier molecular flexibility index (Phi) is 3.93. The van der Waals surface area contributed by atoms with Crippen molar-refractivity contribution in [3.63, 3.8) is 0 Å². The van der Waals surface area contributed by atoms with Gasteiger partial charge >= 0.3 is 0 Å². The van der Waals surface area contributed by atoms with Crippen molar-refractivity contribution in [2.24, 2.45) is 0 Å². The van der Waals surface area contributed by atoms with Gasteiger partial charge in [0.15, 0.2) is 5.82 Å². The van der Waals surface area contributed by atoms with Crippen LogP contribution in [0.4, 0.5) is 0 Å². The van der Waals surface area contributed by atoms with Crippen molar-refractivity contribution in [3.8, 4) is 17.1 Å². The Labute approximate surface area is 221 Å². The van der Waals surface area contributed by atoms with Crippen molar-refractivity contribution >= 4 is 75.0 Å². The molecule has 6 aromatic carbocycles. The minimum absolute atomic E-state index is 0.748. The van der Waals surface area contributed by atoms with Crippen LogP contribution in [0.2, 0.25) is 0 Å². The van der Waals surface area contributed by atoms with Gasteiger partial charge in [0.25, 0.3) is 0 Å². The largest absolute Gasteiger partial charge is 0.306 e. The zero-order valence-electron chi connectivity index (χ0n) is 20.2. The molecule has 0 bridgehead atoms. The molecule has 3 aromatic heterocycles. The molecule has 0 aliphatic rings. The Morgan fingerprint density at radius 1 is 0.553 bits per heavy atom. The van der Waals surface area contributed by atoms with Gasteiger partial charge in [-0.05, 0) is 45.8 Å². The molecule has 0 fully saturated rings. The Hall–Kier alpha value is -4.80. The Bertz CT molecular complexity index is 2340. The summed E-state index contributed by atoms with van der Waals surface area (Å²) < 4.78 is 4.98. The Morgan fingerprint density at radius 2 is 1.26 bits per heavy atom. The van der Waals surface area contributed by atoms with Gasteiger partial charge in [0, 0.05) is 36.8 Å². The van der Waals surface area contributed by atoms with Crippen molar-refractivity contribution in [1.29, 1.82) is 0 Å². The van der Waals surface area contributed by atoms with E-state index in [2.05, 4.69) is 95.6 Å². The summed E-state index contributed by atoms with van der Waals surface area (Å²) >= 11 is 1.88. The number of thiophene rings is 1. The Morgan fingerprint density at radius 3 is 2.13 bits per heavy atom. The molecular weight excluding hydrogens is 482 g/mol. The van der Waals surface area contributed by atoms with Gasteiger partial charge in [0.05, 0.1) is 17.2 Å². The molecule has 0 spiro atoms. The predicted octanol–water partition coefficient (Wildman–Crippen LogP) is 9.35. The fraction of sp³-hybridized carbons (Fsp3) is 0. The maximum atomic E-state index is 5.08. The quantitative estimate of drug-likeness (QED) is 0.221. The third kappa shape index (κ3) is 2.62. The minimum Gasteiger partial charge on any atom is -0.306 e. The highest BCUT2D eigenvalue weighted by atomic mass is 32.1. The van der Waals surface area contributed by atoms with Crippen LogP contribution in [-0.4, -0.2) is 14.5 Å². The third-order valence-electron chi connectivity index (χ3n) is 7.79. The number of hydrogen-bond acceptors (Lipinski definition) is 3. The third-order valence-corrected chi connectivity index (χ3v) is 8.89. The number of fused-ring (bicyclic) bond motifs is 6. The van der Waals surface area contributed by atoms with E-state index >= 15 is 0 Å². The second kappa shape index (κ2) is 7.37. The average molecular weight is 502 g/mol. The van der Waals surface area contributed by atoms with E-state index in [1.54, 1.807) is 0 Å². The molecule has 9 rings (SSSR count). The summed E-state index contributed by atoms with van der Waals surface area (Å²) in [5, 5.41) is 9.11. The first-order chi connectivity index (χ1) is 18.8. The number of aromatic nitrogens is 3. The molecular formula is C34H19N3S. The van der Waals surface area contributed by atoms with Gasteiger partial charge in [0.1, 0.15) is 5.52 Å². The number of nitrogens with zero attached hydrogens (tertiary/aromatic N) is 3. The molecule has 0 unspecified atom stereocenters. The minimum atomic E-state index is 0.748. The summed E-state index contributed by atoms with van der Waals surface area (Å²) in [4.78, 5) is 9.89. The van der Waals surface area contributed by atoms with Crippen LogP contribution >= 0.6 is 11.3 Å². The van der Waals surface area contributed by atoms with Gasteiger partial charge < -0.3 is 4.57 Å². The van der Waals surface area contributed by atoms with Crippen LogP contribution in [-0.2, 0) is 0 Å². The fourth-order valence-electron chi connectivity index (χ4n) is 6.19. The molecule has 0 saturated heterocycles. The van der Waals surface area contributed by atoms with Crippen LogP contribution in [0.1, 0.15) is 0 Å². The smallest absolute Gasteiger partial charge is 0.159 e. The molecule has 0 aliphatic heterocycles. The van der Waals surface area contributed by atoms with Crippen LogP contribution < -0.4 is 0 Å². The number of rotatable bonds is 2. The first-order valence-corrected chi connectivity index (χ1v) is 13.6. The van der Waals surface area contributed by atoms with Crippen LogP contribution in [0.15, 0.2) is 115 Å². The van der Waals surface area contributed by atoms with Crippen molar-refractivity contribution in [3.05, 3.63) is 115 Å². The molecule has 3 nitrogen and oxygen atoms in total. The lowest BCUT2D eigenvalue weighted by Crippen LogP contribution is -1.96. The van der Waals surface area contributed by atoms with Crippen LogP contribution in [0.5, 0.6) is 0 Å². The number of benzene rings is 6. The van der Waals surface area contributed by atoms with Gasteiger partial charge in [-0.3, -0.25) is 0 Å². The Balaban J connectivity index is 1.42. The van der Waals surface area contributed by atoms with Crippen molar-refractivity contribution in [1.82, 2.24) is 14.5 Å². The van der Waals surface area contributed by atoms with E-state index < -0.39 is 0 Å². The molecule has 0 amide bonds. The lowest BCUT2D eigenvalue weighted by Gasteiger charge is -2.13. The molecule has 0 aliphatic carbocycles. The van der Waals surface area contributed by atoms with E-state index in [1.165, 1.54) is 41.7 Å². The zero-order chi connectivity index (χ0) is 24.8. The van der Waals surface area contributed by atoms with E-state index in [-0.39, 0.29) is 0 Å². The highest BCUT2D eigenvalue weighted by Crippen LogP contribution is 2.46. The highest BCUT2D eigenvalue weighted by Gasteiger charge is 2.20. The molecule has 0 saturated carbocycles. The highest BCUT2D eigenvalue weighted by molar-refractivity contribution is 7.26. The summed E-state index contributed by atoms with van der Waals surface area (Å²) in [6, 6.07) is 39.0. The van der Waals surface area contributed by atoms with Gasteiger partial charge in [-0.2, -0.15) is 0 Å². The molecule has 0 N–H and O–H groups in total. The molecule has 4 heteroatoms. The van der Waals surface area contributed by atoms with Crippen LogP contribution in [0, 0.1) is 0 Å². The lowest BCUT2D eigenvalue weighted by molar-refractivity contribution is 1.15. The molecule has 3 heterocycles. The maximum Gasteiger partial charge on any atom is 0.159 e. The van der Waals surface area contributed by atoms with Crippen LogP contribution in [0.3, 0.4) is 0 Å². The zero-order valence-corrected chi connectivity index (χ0v) is 21.0. The molecule has 38 heavy (non-hydrogen) atoms. The van der Waals surface area contributed by atoms with Crippen LogP contribution in [0.25, 0.3) is 80.7 Å². The maximum absolute atomic E-state index is 5.08. The van der Waals surface area contributed by atoms with E-state index in [1.807, 2.05) is 35.7 Å². The summed E-state index contributed by atoms with van der Waals surface area (Å²) in [5.74, 6) is 0.748. The van der Waals surface area contributed by atoms with E-state index in [0.717, 1.165) is 39.0 Å². The topological polar surface area (TPSA) is 30.7 Å². The standard InChI is InChI=1S/C34H19N3S/c1-2-9-20(10-3-1)34-35-19-28-33(36-34)25-13-6-7-15-27(25)37(28)21-17-26-23-12-5-4-11-22(23)24-14-8-16-29-31(24)32(26)30(18-21)38-29/h1-19H. The molecule has 0 atom stereocenters. The first-order valence-electron chi connectivity index (χ1n) is 12.8. The first kappa shape index (κ1) is 20.3. The molecule has 176 valence electrons. The SMILES string of the molecule is c1ccc(-c2ncc3c(n2)c2ccccc2n3-c2cc3sc4cccc5c6ccccc6c(c2)c3c45)cc1. The summed E-state index contributed by atoms with van der Waals surface area (Å²) in [6.07, 6.45) is 1.98. The second-order valence-corrected chi connectivity index (χ2v) is 10.9. The van der Waals surface area contributed by atoms with Crippen molar-refractivity contribution in [2.75, 3.05) is 0 Å². The summed E-state index contributed by atoms with van der Waals surface area (Å²) in [6.45, 7) is 0. The van der Waals surface area contributed by atoms with E-state index in [4.69, 9.17) is 9.97 Å². The fourth-order valence-corrected chi connectivity index (χ4v) is 7.38. The molecule has 9 aromatic rings. The normalized spacial score (nSPS) is 12.2. The van der Waals surface area contributed by atoms with Gasteiger partial charge in [-0.1, -0.05) is 84.9 Å².